The van der Waals surface area contributed by atoms with Crippen LogP contribution in [0.1, 0.15) is 130 Å². The van der Waals surface area contributed by atoms with Gasteiger partial charge in [0.05, 0.1) is 13.7 Å². The molecule has 0 aliphatic heterocycles. The van der Waals surface area contributed by atoms with Gasteiger partial charge >= 0.3 is 0 Å². The minimum Gasteiger partial charge on any atom is -0.496 e. The normalized spacial score (nSPS) is 19.6. The predicted octanol–water partition coefficient (Wildman–Crippen LogP) is 14.1. The summed E-state index contributed by atoms with van der Waals surface area (Å²) in [5, 5.41) is 5.63. The van der Waals surface area contributed by atoms with Crippen molar-refractivity contribution in [3.05, 3.63) is 188 Å². The molecule has 0 amide bonds. The lowest BCUT2D eigenvalue weighted by Crippen LogP contribution is -2.22. The van der Waals surface area contributed by atoms with Gasteiger partial charge in [0, 0.05) is 34.8 Å². The Morgan fingerprint density at radius 2 is 0.982 bits per heavy atom. The number of unbranched alkanes of at least 4 members (excludes halogenated alkanes) is 1. The monoisotopic (exact) mass is 740 g/mol. The van der Waals surface area contributed by atoms with Gasteiger partial charge in [-0.1, -0.05) is 167 Å². The van der Waals surface area contributed by atoms with Crippen molar-refractivity contribution in [2.24, 2.45) is 5.92 Å². The number of hydrogen-bond donors (Lipinski definition) is 0. The van der Waals surface area contributed by atoms with Crippen LogP contribution in [0, 0.1) is 5.92 Å². The zero-order chi connectivity index (χ0) is 38.2. The summed E-state index contributed by atoms with van der Waals surface area (Å²) in [6.45, 7) is 5.27. The number of benzene rings is 7. The zero-order valence-corrected chi connectivity index (χ0v) is 33.1. The molecule has 4 aliphatic rings. The molecule has 0 N–H and O–H groups in total. The fourth-order valence-corrected chi connectivity index (χ4v) is 10.9. The fraction of sp³-hybridized carbons (Fsp3) is 0.236. The first-order valence-corrected chi connectivity index (χ1v) is 21.1. The lowest BCUT2D eigenvalue weighted by atomic mass is 9.66. The summed E-state index contributed by atoms with van der Waals surface area (Å²) in [5.74, 6) is 4.11. The molecule has 5 unspecified atom stereocenters. The van der Waals surface area contributed by atoms with Crippen molar-refractivity contribution in [1.29, 1.82) is 0 Å². The van der Waals surface area contributed by atoms with Crippen LogP contribution in [0.15, 0.2) is 121 Å². The molecule has 280 valence electrons. The lowest BCUT2D eigenvalue weighted by Gasteiger charge is -2.36. The minimum atomic E-state index is 0.445. The summed E-state index contributed by atoms with van der Waals surface area (Å²) in [6, 6.07) is 45.6. The Labute approximate surface area is 336 Å². The van der Waals surface area contributed by atoms with Crippen molar-refractivity contribution < 1.29 is 9.47 Å². The topological polar surface area (TPSA) is 18.5 Å². The van der Waals surface area contributed by atoms with E-state index >= 15 is 0 Å². The van der Waals surface area contributed by atoms with Gasteiger partial charge in [0.15, 0.2) is 0 Å². The third-order valence-electron chi connectivity index (χ3n) is 13.8. The second kappa shape index (κ2) is 13.7. The number of rotatable bonds is 12. The van der Waals surface area contributed by atoms with E-state index in [-0.39, 0.29) is 0 Å². The largest absolute Gasteiger partial charge is 0.496 e. The maximum absolute atomic E-state index is 6.76. The molecule has 4 aliphatic carbocycles. The van der Waals surface area contributed by atoms with Gasteiger partial charge in [0.25, 0.3) is 0 Å². The van der Waals surface area contributed by atoms with Gasteiger partial charge < -0.3 is 9.47 Å². The predicted molar refractivity (Wildman–Crippen MR) is 238 cm³/mol. The van der Waals surface area contributed by atoms with E-state index in [4.69, 9.17) is 9.47 Å². The minimum absolute atomic E-state index is 0.445. The van der Waals surface area contributed by atoms with Gasteiger partial charge in [-0.25, -0.2) is 0 Å². The van der Waals surface area contributed by atoms with Crippen molar-refractivity contribution in [3.63, 3.8) is 0 Å². The zero-order valence-electron chi connectivity index (χ0n) is 33.1. The highest BCUT2D eigenvalue weighted by Gasteiger charge is 2.46. The van der Waals surface area contributed by atoms with Crippen molar-refractivity contribution in [2.75, 3.05) is 13.7 Å². The van der Waals surface area contributed by atoms with E-state index in [1.165, 1.54) is 96.4 Å². The number of hydrogen-bond acceptors (Lipinski definition) is 2. The van der Waals surface area contributed by atoms with Crippen LogP contribution in [0.4, 0.5) is 0 Å². The highest BCUT2D eigenvalue weighted by molar-refractivity contribution is 5.97. The Morgan fingerprint density at radius 1 is 0.509 bits per heavy atom. The summed E-state index contributed by atoms with van der Waals surface area (Å²) >= 11 is 0. The molecular weight excluding hydrogens is 693 g/mol. The summed E-state index contributed by atoms with van der Waals surface area (Å²) in [4.78, 5) is 0. The van der Waals surface area contributed by atoms with Crippen LogP contribution in [0.3, 0.4) is 0 Å². The molecule has 0 aromatic heterocycles. The van der Waals surface area contributed by atoms with Gasteiger partial charge in [-0.15, -0.1) is 0 Å². The Kier molecular flexibility index (Phi) is 8.24. The highest BCUT2D eigenvalue weighted by atomic mass is 16.5. The van der Waals surface area contributed by atoms with Crippen LogP contribution in [0.5, 0.6) is 11.5 Å². The van der Waals surface area contributed by atoms with Crippen molar-refractivity contribution >= 4 is 45.8 Å². The van der Waals surface area contributed by atoms with E-state index in [0.29, 0.717) is 36.2 Å². The van der Waals surface area contributed by atoms with Crippen LogP contribution >= 0.6 is 0 Å². The molecule has 0 fully saturated rings. The summed E-state index contributed by atoms with van der Waals surface area (Å²) in [7, 11) is 1.77. The van der Waals surface area contributed by atoms with Gasteiger partial charge in [0.1, 0.15) is 11.5 Å². The van der Waals surface area contributed by atoms with Gasteiger partial charge in [-0.05, 0) is 102 Å². The number of ether oxygens (including phenoxy) is 2. The Balaban J connectivity index is 0.900. The highest BCUT2D eigenvalue weighted by Crippen LogP contribution is 2.62. The van der Waals surface area contributed by atoms with E-state index in [2.05, 4.69) is 159 Å². The van der Waals surface area contributed by atoms with E-state index in [9.17, 15) is 0 Å². The molecule has 0 radical (unpaired) electrons. The second-order valence-electron chi connectivity index (χ2n) is 16.8. The molecule has 0 heterocycles. The number of methoxy groups -OCH3 is 1. The molecule has 2 nitrogen and oxygen atoms in total. The molecule has 11 rings (SSSR count). The van der Waals surface area contributed by atoms with Gasteiger partial charge in [0.2, 0.25) is 0 Å². The van der Waals surface area contributed by atoms with Crippen molar-refractivity contribution in [2.45, 2.75) is 63.2 Å². The first-order chi connectivity index (χ1) is 28.1. The van der Waals surface area contributed by atoms with Crippen LogP contribution in [0.2, 0.25) is 0 Å². The Bertz CT molecular complexity index is 2790. The van der Waals surface area contributed by atoms with Crippen molar-refractivity contribution in [1.82, 2.24) is 0 Å². The molecule has 2 heteroatoms. The molecule has 0 spiro atoms. The molecule has 0 bridgehead atoms. The summed E-state index contributed by atoms with van der Waals surface area (Å²) in [6.07, 6.45) is 13.6. The summed E-state index contributed by atoms with van der Waals surface area (Å²) in [5.41, 5.74) is 16.3. The smallest absolute Gasteiger partial charge is 0.127 e. The fourth-order valence-electron chi connectivity index (χ4n) is 10.9. The van der Waals surface area contributed by atoms with E-state index in [1.54, 1.807) is 7.11 Å². The van der Waals surface area contributed by atoms with Crippen LogP contribution in [0.25, 0.3) is 45.8 Å². The lowest BCUT2D eigenvalue weighted by molar-refractivity contribution is 0.232. The Hall–Kier alpha value is -5.86. The quantitative estimate of drug-likeness (QED) is 0.116. The average Bonchev–Trinajstić information content (AvgIpc) is 3.69. The maximum atomic E-state index is 6.76. The Morgan fingerprint density at radius 3 is 1.46 bits per heavy atom. The standard InChI is InChI=1S/C55H48O2/c1-4-6-11-33(5-2)32-57-49-31-38(24-20-34-22-26-40-46(28-34)54-44-18-9-14-36-12-7-16-42(50(36)44)52(40)54)48(56-3)30-39(49)25-21-35-23-27-41-47(29-35)55-45-19-10-15-37-13-8-17-43(51(37)45)53(41)55/h7-10,12-31,33,52-55H,4-6,11,32H2,1-3H3/b24-20+,25-21+. The molecule has 5 atom stereocenters. The SMILES string of the molecule is CCCCC(CC)COc1cc(/C=C/c2ccc3c(c2)C2c4cccc5cccc(c45)C32)c(OC)cc1/C=C/c1ccc2c(c1)C1c3cccc4cccc(c34)C21. The molecule has 7 aromatic rings. The van der Waals surface area contributed by atoms with Gasteiger partial charge in [-0.2, -0.15) is 0 Å². The van der Waals surface area contributed by atoms with Crippen LogP contribution < -0.4 is 9.47 Å². The van der Waals surface area contributed by atoms with E-state index < -0.39 is 0 Å². The third-order valence-corrected chi connectivity index (χ3v) is 13.8. The van der Waals surface area contributed by atoms with Crippen LogP contribution in [-0.2, 0) is 0 Å². The second-order valence-corrected chi connectivity index (χ2v) is 16.8. The number of fused-ring (bicyclic) bond motifs is 12. The molecule has 57 heavy (non-hydrogen) atoms. The molecule has 0 saturated heterocycles. The molecular formula is C55H48O2. The first-order valence-electron chi connectivity index (χ1n) is 21.1. The molecule has 7 aromatic carbocycles. The van der Waals surface area contributed by atoms with E-state index in [1.807, 2.05) is 0 Å². The first kappa shape index (κ1) is 34.4. The van der Waals surface area contributed by atoms with E-state index in [0.717, 1.165) is 29.0 Å². The third kappa shape index (κ3) is 5.37. The average molecular weight is 741 g/mol. The maximum Gasteiger partial charge on any atom is 0.127 e. The van der Waals surface area contributed by atoms with Crippen molar-refractivity contribution in [3.8, 4) is 11.5 Å². The van der Waals surface area contributed by atoms with Gasteiger partial charge in [-0.3, -0.25) is 0 Å². The molecule has 0 saturated carbocycles. The van der Waals surface area contributed by atoms with Crippen LogP contribution in [-0.4, -0.2) is 13.7 Å². The summed E-state index contributed by atoms with van der Waals surface area (Å²) < 4.78 is 12.8.